The molecule has 0 unspecified atom stereocenters. The van der Waals surface area contributed by atoms with Crippen LogP contribution in [0.4, 0.5) is 0 Å². The van der Waals surface area contributed by atoms with Crippen LogP contribution in [0, 0.1) is 6.92 Å². The zero-order chi connectivity index (χ0) is 11.0. The van der Waals surface area contributed by atoms with Crippen LogP contribution in [-0.2, 0) is 0 Å². The van der Waals surface area contributed by atoms with Gasteiger partial charge in [0.25, 0.3) is 0 Å². The van der Waals surface area contributed by atoms with Gasteiger partial charge in [-0.2, -0.15) is 0 Å². The summed E-state index contributed by atoms with van der Waals surface area (Å²) in [6.07, 6.45) is 1.77. The minimum Gasteiger partial charge on any atom is -0.236 e. The minimum absolute atomic E-state index is 0.866. The third-order valence-electron chi connectivity index (χ3n) is 1.27. The van der Waals surface area contributed by atoms with Gasteiger partial charge in [0, 0.05) is 6.20 Å². The van der Waals surface area contributed by atoms with Gasteiger partial charge in [-0.3, -0.25) is 0 Å². The summed E-state index contributed by atoms with van der Waals surface area (Å²) < 4.78 is 1.17. The minimum atomic E-state index is 0.866. The molecule has 0 aliphatic heterocycles. The molecule has 0 aliphatic rings. The summed E-state index contributed by atoms with van der Waals surface area (Å²) in [5.41, 5.74) is 0.866. The van der Waals surface area contributed by atoms with Crippen LogP contribution in [0.1, 0.15) is 32.7 Å². The van der Waals surface area contributed by atoms with Crippen LogP contribution in [-0.4, -0.2) is 9.97 Å². The zero-order valence-corrected chi connectivity index (χ0v) is 10.4. The molecule has 14 heavy (non-hydrogen) atoms. The van der Waals surface area contributed by atoms with Crippen molar-refractivity contribution in [2.75, 3.05) is 0 Å². The van der Waals surface area contributed by atoms with Crippen LogP contribution in [0.2, 0.25) is 0 Å². The number of fused-ring (bicyclic) bond motifs is 1. The van der Waals surface area contributed by atoms with E-state index >= 15 is 0 Å². The molecule has 0 aliphatic carbocycles. The molecule has 2 aromatic rings. The van der Waals surface area contributed by atoms with Gasteiger partial charge in [0.15, 0.2) is 5.65 Å². The molecule has 0 aromatic carbocycles. The van der Waals surface area contributed by atoms with Gasteiger partial charge >= 0.3 is 0 Å². The number of hydrogen-bond donors (Lipinski definition) is 0. The van der Waals surface area contributed by atoms with E-state index in [4.69, 9.17) is 0 Å². The summed E-state index contributed by atoms with van der Waals surface area (Å²) in [5, 5.41) is 1.08. The van der Waals surface area contributed by atoms with Crippen molar-refractivity contribution in [1.82, 2.24) is 9.97 Å². The van der Waals surface area contributed by atoms with E-state index in [0.717, 1.165) is 10.7 Å². The van der Waals surface area contributed by atoms with E-state index in [2.05, 4.69) is 9.97 Å². The van der Waals surface area contributed by atoms with E-state index in [-0.39, 0.29) is 0 Å². The number of pyridine rings is 1. The summed E-state index contributed by atoms with van der Waals surface area (Å²) in [5.74, 6) is 0. The van der Waals surface area contributed by atoms with Crippen LogP contribution in [0.3, 0.4) is 0 Å². The van der Waals surface area contributed by atoms with Gasteiger partial charge in [-0.15, -0.1) is 11.3 Å². The van der Waals surface area contributed by atoms with E-state index in [9.17, 15) is 0 Å². The van der Waals surface area contributed by atoms with E-state index in [1.807, 2.05) is 46.8 Å². The topological polar surface area (TPSA) is 25.8 Å². The smallest absolute Gasteiger partial charge is 0.170 e. The average molecular weight is 210 g/mol. The Bertz CT molecular complexity index is 322. The highest BCUT2D eigenvalue weighted by Crippen LogP contribution is 2.17. The first-order valence-electron chi connectivity index (χ1n) is 5.04. The van der Waals surface area contributed by atoms with Gasteiger partial charge in [-0.1, -0.05) is 27.7 Å². The molecule has 0 fully saturated rings. The van der Waals surface area contributed by atoms with Crippen molar-refractivity contribution in [1.29, 1.82) is 0 Å². The second-order valence-electron chi connectivity index (χ2n) is 2.06. The Hall–Kier alpha value is -0.960. The third kappa shape index (κ3) is 3.42. The van der Waals surface area contributed by atoms with Gasteiger partial charge in [-0.05, 0) is 19.1 Å². The lowest BCUT2D eigenvalue weighted by Gasteiger charge is -1.79. The van der Waals surface area contributed by atoms with Crippen LogP contribution < -0.4 is 0 Å². The maximum absolute atomic E-state index is 4.22. The summed E-state index contributed by atoms with van der Waals surface area (Å²) in [6.45, 7) is 9.99. The second-order valence-corrected chi connectivity index (χ2v) is 3.29. The normalized spacial score (nSPS) is 8.36. The summed E-state index contributed by atoms with van der Waals surface area (Å²) in [4.78, 5) is 8.32. The number of thiazole rings is 1. The van der Waals surface area contributed by atoms with Crippen molar-refractivity contribution < 1.29 is 0 Å². The van der Waals surface area contributed by atoms with Crippen molar-refractivity contribution in [3.05, 3.63) is 23.3 Å². The highest BCUT2D eigenvalue weighted by molar-refractivity contribution is 7.18. The highest BCUT2D eigenvalue weighted by atomic mass is 32.1. The molecule has 0 atom stereocenters. The molecule has 2 aromatic heterocycles. The van der Waals surface area contributed by atoms with E-state index in [1.54, 1.807) is 17.5 Å². The van der Waals surface area contributed by atoms with E-state index in [0.29, 0.717) is 0 Å². The third-order valence-corrected chi connectivity index (χ3v) is 2.20. The van der Waals surface area contributed by atoms with Crippen LogP contribution in [0.15, 0.2) is 18.3 Å². The fourth-order valence-corrected chi connectivity index (χ4v) is 1.66. The zero-order valence-electron chi connectivity index (χ0n) is 9.53. The van der Waals surface area contributed by atoms with Gasteiger partial charge in [0.05, 0.1) is 9.71 Å². The summed E-state index contributed by atoms with van der Waals surface area (Å²) >= 11 is 1.68. The maximum atomic E-state index is 4.22. The number of rotatable bonds is 0. The van der Waals surface area contributed by atoms with Gasteiger partial charge in [-0.25, -0.2) is 9.97 Å². The molecule has 0 amide bonds. The van der Waals surface area contributed by atoms with Crippen molar-refractivity contribution >= 4 is 21.7 Å². The van der Waals surface area contributed by atoms with Crippen LogP contribution >= 0.6 is 11.3 Å². The SMILES string of the molecule is CC.CC.Cc1nc2ncccc2s1. The molecular weight excluding hydrogens is 192 g/mol. The molecule has 78 valence electrons. The molecule has 0 spiro atoms. The monoisotopic (exact) mass is 210 g/mol. The lowest BCUT2D eigenvalue weighted by molar-refractivity contribution is 1.27. The quantitative estimate of drug-likeness (QED) is 0.655. The highest BCUT2D eigenvalue weighted by Gasteiger charge is 1.97. The molecule has 2 rings (SSSR count). The summed E-state index contributed by atoms with van der Waals surface area (Å²) in [6, 6.07) is 3.97. The molecule has 0 saturated heterocycles. The number of hydrogen-bond acceptors (Lipinski definition) is 3. The Morgan fingerprint density at radius 1 is 1.14 bits per heavy atom. The molecule has 0 bridgehead atoms. The second kappa shape index (κ2) is 7.44. The Morgan fingerprint density at radius 2 is 1.79 bits per heavy atom. The van der Waals surface area contributed by atoms with Crippen LogP contribution in [0.25, 0.3) is 10.3 Å². The maximum Gasteiger partial charge on any atom is 0.170 e. The Morgan fingerprint density at radius 3 is 2.36 bits per heavy atom. The Balaban J connectivity index is 0.000000379. The molecule has 2 heterocycles. The standard InChI is InChI=1S/C7H6N2S.2C2H6/c1-5-9-7-6(10-5)3-2-4-8-7;2*1-2/h2-4H,1H3;2*1-2H3. The Labute approximate surface area is 90.0 Å². The fraction of sp³-hybridized carbons (Fsp3) is 0.455. The van der Waals surface area contributed by atoms with Crippen molar-refractivity contribution in [3.8, 4) is 0 Å². The number of nitrogens with zero attached hydrogens (tertiary/aromatic N) is 2. The lowest BCUT2D eigenvalue weighted by atomic mass is 10.5. The molecular formula is C11H18N2S. The molecule has 2 nitrogen and oxygen atoms in total. The van der Waals surface area contributed by atoms with Gasteiger partial charge in [0.2, 0.25) is 0 Å². The first-order chi connectivity index (χ1) is 6.86. The van der Waals surface area contributed by atoms with E-state index < -0.39 is 0 Å². The molecule has 0 radical (unpaired) electrons. The number of aromatic nitrogens is 2. The lowest BCUT2D eigenvalue weighted by Crippen LogP contribution is -1.72. The van der Waals surface area contributed by atoms with Gasteiger partial charge < -0.3 is 0 Å². The van der Waals surface area contributed by atoms with Gasteiger partial charge in [0.1, 0.15) is 0 Å². The molecule has 0 saturated carbocycles. The van der Waals surface area contributed by atoms with Crippen molar-refractivity contribution in [2.24, 2.45) is 0 Å². The molecule has 3 heteroatoms. The number of aryl methyl sites for hydroxylation is 1. The first kappa shape index (κ1) is 13.0. The predicted molar refractivity (Wildman–Crippen MR) is 64.8 cm³/mol. The predicted octanol–water partition coefficient (Wildman–Crippen LogP) is 4.05. The Kier molecular flexibility index (Phi) is 6.93. The van der Waals surface area contributed by atoms with Crippen molar-refractivity contribution in [3.63, 3.8) is 0 Å². The average Bonchev–Trinajstić information content (AvgIpc) is 2.64. The van der Waals surface area contributed by atoms with E-state index in [1.165, 1.54) is 4.70 Å². The largest absolute Gasteiger partial charge is 0.236 e. The summed E-state index contributed by atoms with van der Waals surface area (Å²) in [7, 11) is 0. The first-order valence-corrected chi connectivity index (χ1v) is 5.86. The van der Waals surface area contributed by atoms with Crippen molar-refractivity contribution in [2.45, 2.75) is 34.6 Å². The molecule has 0 N–H and O–H groups in total. The van der Waals surface area contributed by atoms with Crippen LogP contribution in [0.5, 0.6) is 0 Å². The fourth-order valence-electron chi connectivity index (χ4n) is 0.877.